The van der Waals surface area contributed by atoms with Crippen LogP contribution in [-0.2, 0) is 4.84 Å². The van der Waals surface area contributed by atoms with Crippen LogP contribution in [0.4, 0.5) is 0 Å². The summed E-state index contributed by atoms with van der Waals surface area (Å²) in [5.74, 6) is 0.334. The van der Waals surface area contributed by atoms with Crippen molar-refractivity contribution < 1.29 is 4.84 Å². The summed E-state index contributed by atoms with van der Waals surface area (Å²) in [7, 11) is 1.66. The lowest BCUT2D eigenvalue weighted by Gasteiger charge is -2.53. The molecule has 1 aliphatic heterocycles. The van der Waals surface area contributed by atoms with E-state index in [1.165, 1.54) is 23.3 Å². The fourth-order valence-electron chi connectivity index (χ4n) is 4.92. The van der Waals surface area contributed by atoms with Gasteiger partial charge < -0.3 is 10.2 Å². The van der Waals surface area contributed by atoms with Crippen molar-refractivity contribution in [2.24, 2.45) is 16.5 Å². The predicted molar refractivity (Wildman–Crippen MR) is 117 cm³/mol. The molecule has 2 bridgehead atoms. The molecule has 4 rings (SSSR count). The molecule has 2 fully saturated rings. The minimum Gasteiger partial charge on any atom is -0.399 e. The number of benzene rings is 2. The highest BCUT2D eigenvalue weighted by Gasteiger charge is 2.53. The van der Waals surface area contributed by atoms with Crippen LogP contribution in [0.5, 0.6) is 0 Å². The Kier molecular flexibility index (Phi) is 5.45. The second-order valence-electron chi connectivity index (χ2n) is 7.70. The van der Waals surface area contributed by atoms with Crippen molar-refractivity contribution in [3.05, 3.63) is 68.6 Å². The number of rotatable bonds is 3. The second kappa shape index (κ2) is 7.69. The van der Waals surface area contributed by atoms with Gasteiger partial charge in [-0.15, -0.1) is 0 Å². The predicted octanol–water partition coefficient (Wildman–Crippen LogP) is 6.41. The Morgan fingerprint density at radius 1 is 1.04 bits per heavy atom. The van der Waals surface area contributed by atoms with Crippen LogP contribution in [0.3, 0.4) is 0 Å². The van der Waals surface area contributed by atoms with Gasteiger partial charge in [-0.2, -0.15) is 0 Å². The number of hydrogen-bond acceptors (Lipinski definition) is 3. The van der Waals surface area contributed by atoms with E-state index in [0.717, 1.165) is 21.8 Å². The molecular formula is C22H24Br2N2O. The van der Waals surface area contributed by atoms with E-state index < -0.39 is 0 Å². The number of oxime groups is 1. The maximum absolute atomic E-state index is 5.35. The Morgan fingerprint density at radius 2 is 1.67 bits per heavy atom. The molecule has 2 aromatic carbocycles. The first kappa shape index (κ1) is 19.2. The Morgan fingerprint density at radius 3 is 2.30 bits per heavy atom. The molecule has 1 N–H and O–H groups in total. The highest BCUT2D eigenvalue weighted by atomic mass is 79.9. The standard InChI is InChI=1S/C22H24Br2N2O/c1-22-13-7-10-16(21(22)26-27-2)19(14-8-3-5-11-17(14)23)25-20(22)15-9-4-6-12-18(15)24/h3-6,8-9,11-12,16,19-20,25H,7,10,13H2,1-2H3/b26-21+. The molecule has 2 aliphatic rings. The number of piperidine rings is 1. The van der Waals surface area contributed by atoms with Gasteiger partial charge in [0, 0.05) is 32.4 Å². The van der Waals surface area contributed by atoms with Crippen LogP contribution >= 0.6 is 31.9 Å². The van der Waals surface area contributed by atoms with E-state index in [9.17, 15) is 0 Å². The molecule has 0 radical (unpaired) electrons. The van der Waals surface area contributed by atoms with E-state index in [1.807, 2.05) is 0 Å². The van der Waals surface area contributed by atoms with Gasteiger partial charge in [0.15, 0.2) is 0 Å². The van der Waals surface area contributed by atoms with E-state index >= 15 is 0 Å². The summed E-state index contributed by atoms with van der Waals surface area (Å²) in [6.45, 7) is 2.34. The zero-order valence-corrected chi connectivity index (χ0v) is 18.8. The largest absolute Gasteiger partial charge is 0.399 e. The highest BCUT2D eigenvalue weighted by molar-refractivity contribution is 9.10. The van der Waals surface area contributed by atoms with Crippen LogP contribution in [0, 0.1) is 11.3 Å². The zero-order chi connectivity index (χ0) is 19.0. The van der Waals surface area contributed by atoms with Gasteiger partial charge in [-0.1, -0.05) is 86.8 Å². The molecule has 27 heavy (non-hydrogen) atoms. The van der Waals surface area contributed by atoms with Crippen molar-refractivity contribution in [3.63, 3.8) is 0 Å². The summed E-state index contributed by atoms with van der Waals surface area (Å²) in [6.07, 6.45) is 3.43. The molecule has 3 nitrogen and oxygen atoms in total. The van der Waals surface area contributed by atoms with Gasteiger partial charge in [-0.05, 0) is 36.1 Å². The number of halogens is 2. The number of hydrogen-bond donors (Lipinski definition) is 1. The summed E-state index contributed by atoms with van der Waals surface area (Å²) in [4.78, 5) is 5.35. The van der Waals surface area contributed by atoms with Gasteiger partial charge >= 0.3 is 0 Å². The lowest BCUT2D eigenvalue weighted by Crippen LogP contribution is -2.56. The average molecular weight is 492 g/mol. The minimum absolute atomic E-state index is 0.0689. The lowest BCUT2D eigenvalue weighted by molar-refractivity contribution is 0.134. The molecule has 142 valence electrons. The molecule has 0 aromatic heterocycles. The number of nitrogens with one attached hydrogen (secondary N) is 1. The van der Waals surface area contributed by atoms with Crippen LogP contribution < -0.4 is 5.32 Å². The molecule has 4 unspecified atom stereocenters. The Hall–Kier alpha value is -1.17. The fourth-order valence-corrected chi connectivity index (χ4v) is 5.97. The van der Waals surface area contributed by atoms with Crippen molar-refractivity contribution in [3.8, 4) is 0 Å². The SMILES string of the molecule is CO/N=C1\C2CCCC1(C)C(c1ccccc1Br)NC2c1ccccc1Br. The van der Waals surface area contributed by atoms with Gasteiger partial charge in [0.25, 0.3) is 0 Å². The summed E-state index contributed by atoms with van der Waals surface area (Å²) < 4.78 is 2.27. The molecule has 1 aliphatic carbocycles. The Bertz CT molecular complexity index is 869. The summed E-state index contributed by atoms with van der Waals surface area (Å²) in [6, 6.07) is 17.4. The monoisotopic (exact) mass is 490 g/mol. The summed E-state index contributed by atoms with van der Waals surface area (Å²) in [5, 5.41) is 8.60. The molecule has 4 atom stereocenters. The molecule has 1 heterocycles. The van der Waals surface area contributed by atoms with Gasteiger partial charge in [-0.3, -0.25) is 0 Å². The molecular weight excluding hydrogens is 468 g/mol. The first-order valence-electron chi connectivity index (χ1n) is 9.42. The van der Waals surface area contributed by atoms with Crippen LogP contribution in [0.15, 0.2) is 62.6 Å². The third-order valence-corrected chi connectivity index (χ3v) is 7.62. The average Bonchev–Trinajstić information content (AvgIpc) is 2.65. The van der Waals surface area contributed by atoms with Gasteiger partial charge in [-0.25, -0.2) is 0 Å². The van der Waals surface area contributed by atoms with Crippen molar-refractivity contribution in [2.75, 3.05) is 7.11 Å². The number of fused-ring (bicyclic) bond motifs is 2. The van der Waals surface area contributed by atoms with Gasteiger partial charge in [0.2, 0.25) is 0 Å². The van der Waals surface area contributed by atoms with Crippen molar-refractivity contribution in [1.82, 2.24) is 5.32 Å². The zero-order valence-electron chi connectivity index (χ0n) is 15.6. The van der Waals surface area contributed by atoms with Crippen LogP contribution in [0.25, 0.3) is 0 Å². The Balaban J connectivity index is 1.88. The van der Waals surface area contributed by atoms with Gasteiger partial charge in [0.05, 0.1) is 5.71 Å². The minimum atomic E-state index is -0.0689. The molecule has 5 heteroatoms. The molecule has 1 saturated heterocycles. The van der Waals surface area contributed by atoms with Crippen molar-refractivity contribution in [1.29, 1.82) is 0 Å². The molecule has 1 saturated carbocycles. The molecule has 2 aromatic rings. The fraction of sp³-hybridized carbons (Fsp3) is 0.409. The maximum Gasteiger partial charge on any atom is 0.106 e. The van der Waals surface area contributed by atoms with E-state index in [2.05, 4.69) is 97.8 Å². The van der Waals surface area contributed by atoms with Crippen molar-refractivity contribution in [2.45, 2.75) is 38.3 Å². The van der Waals surface area contributed by atoms with Crippen molar-refractivity contribution >= 4 is 37.6 Å². The second-order valence-corrected chi connectivity index (χ2v) is 9.40. The van der Waals surface area contributed by atoms with Crippen LogP contribution in [0.1, 0.15) is 49.4 Å². The van der Waals surface area contributed by atoms with E-state index in [0.29, 0.717) is 5.92 Å². The number of nitrogens with zero attached hydrogens (tertiary/aromatic N) is 1. The first-order valence-corrected chi connectivity index (χ1v) is 11.0. The normalized spacial score (nSPS) is 31.7. The maximum atomic E-state index is 5.35. The quantitative estimate of drug-likeness (QED) is 0.503. The lowest BCUT2D eigenvalue weighted by atomic mass is 9.58. The first-order chi connectivity index (χ1) is 13.1. The van der Waals surface area contributed by atoms with E-state index in [-0.39, 0.29) is 17.5 Å². The van der Waals surface area contributed by atoms with E-state index in [4.69, 9.17) is 4.84 Å². The topological polar surface area (TPSA) is 33.6 Å². The molecule has 0 spiro atoms. The van der Waals surface area contributed by atoms with Crippen LogP contribution in [-0.4, -0.2) is 12.8 Å². The highest BCUT2D eigenvalue weighted by Crippen LogP contribution is 2.55. The van der Waals surface area contributed by atoms with Crippen LogP contribution in [0.2, 0.25) is 0 Å². The summed E-state index contributed by atoms with van der Waals surface area (Å²) >= 11 is 7.54. The third kappa shape index (κ3) is 3.28. The third-order valence-electron chi connectivity index (χ3n) is 6.18. The Labute approximate surface area is 177 Å². The molecule has 0 amide bonds. The van der Waals surface area contributed by atoms with E-state index in [1.54, 1.807) is 7.11 Å². The van der Waals surface area contributed by atoms with Gasteiger partial charge in [0.1, 0.15) is 7.11 Å². The summed E-state index contributed by atoms with van der Waals surface area (Å²) in [5.41, 5.74) is 3.69. The smallest absolute Gasteiger partial charge is 0.106 e.